The van der Waals surface area contributed by atoms with Gasteiger partial charge in [0.1, 0.15) is 5.82 Å². The quantitative estimate of drug-likeness (QED) is 0.844. The molecular weight excluding hydrogens is 261 g/mol. The molecule has 1 aromatic heterocycles. The Labute approximate surface area is 115 Å². The second-order valence-electron chi connectivity index (χ2n) is 5.01. The Morgan fingerprint density at radius 3 is 2.85 bits per heavy atom. The van der Waals surface area contributed by atoms with E-state index in [0.29, 0.717) is 24.7 Å². The molecule has 0 saturated carbocycles. The molecular formula is C14H14FN3O2. The maximum atomic E-state index is 13.1. The monoisotopic (exact) mass is 275 g/mol. The van der Waals surface area contributed by atoms with Crippen molar-refractivity contribution in [2.75, 3.05) is 11.4 Å². The van der Waals surface area contributed by atoms with E-state index in [-0.39, 0.29) is 17.6 Å². The van der Waals surface area contributed by atoms with Crippen molar-refractivity contribution in [2.45, 2.75) is 26.2 Å². The molecule has 104 valence electrons. The molecule has 1 saturated heterocycles. The Hall–Kier alpha value is -2.24. The van der Waals surface area contributed by atoms with Gasteiger partial charge in [-0.05, 0) is 30.7 Å². The van der Waals surface area contributed by atoms with E-state index < -0.39 is 0 Å². The summed E-state index contributed by atoms with van der Waals surface area (Å²) in [6.45, 7) is 4.00. The van der Waals surface area contributed by atoms with Crippen molar-refractivity contribution in [3.63, 3.8) is 0 Å². The van der Waals surface area contributed by atoms with Crippen LogP contribution >= 0.6 is 0 Å². The number of benzene rings is 1. The molecule has 0 radical (unpaired) electrons. The van der Waals surface area contributed by atoms with Crippen LogP contribution in [0.25, 0.3) is 0 Å². The summed E-state index contributed by atoms with van der Waals surface area (Å²) in [5.41, 5.74) is 1.47. The number of nitrogens with zero attached hydrogens (tertiary/aromatic N) is 3. The number of anilines is 1. The number of hydrogen-bond acceptors (Lipinski definition) is 4. The minimum atomic E-state index is -0.303. The molecule has 0 N–H and O–H groups in total. The molecule has 1 atom stereocenters. The van der Waals surface area contributed by atoms with Gasteiger partial charge in [0.05, 0.1) is 0 Å². The zero-order valence-electron chi connectivity index (χ0n) is 11.3. The predicted molar refractivity (Wildman–Crippen MR) is 69.9 cm³/mol. The SMILES string of the molecule is Cc1nc(C2CC(=O)N(c3ccc(F)cc3C)C2)no1. The van der Waals surface area contributed by atoms with Crippen LogP contribution in [0.3, 0.4) is 0 Å². The van der Waals surface area contributed by atoms with Crippen LogP contribution in [0.2, 0.25) is 0 Å². The van der Waals surface area contributed by atoms with E-state index in [2.05, 4.69) is 10.1 Å². The first-order chi connectivity index (χ1) is 9.54. The van der Waals surface area contributed by atoms with Gasteiger partial charge in [0.2, 0.25) is 11.8 Å². The molecule has 5 nitrogen and oxygen atoms in total. The molecule has 0 spiro atoms. The van der Waals surface area contributed by atoms with Gasteiger partial charge >= 0.3 is 0 Å². The molecule has 1 unspecified atom stereocenters. The largest absolute Gasteiger partial charge is 0.340 e. The zero-order chi connectivity index (χ0) is 14.3. The van der Waals surface area contributed by atoms with E-state index in [4.69, 9.17) is 4.52 Å². The van der Waals surface area contributed by atoms with Crippen molar-refractivity contribution in [1.29, 1.82) is 0 Å². The van der Waals surface area contributed by atoms with E-state index in [1.165, 1.54) is 12.1 Å². The van der Waals surface area contributed by atoms with Crippen molar-refractivity contribution in [3.8, 4) is 0 Å². The van der Waals surface area contributed by atoms with Gasteiger partial charge in [0, 0.05) is 31.5 Å². The first-order valence-electron chi connectivity index (χ1n) is 6.41. The van der Waals surface area contributed by atoms with Crippen molar-refractivity contribution in [1.82, 2.24) is 10.1 Å². The van der Waals surface area contributed by atoms with Gasteiger partial charge in [-0.1, -0.05) is 5.16 Å². The second kappa shape index (κ2) is 4.70. The summed E-state index contributed by atoms with van der Waals surface area (Å²) >= 11 is 0. The Kier molecular flexibility index (Phi) is 3.00. The molecule has 2 heterocycles. The van der Waals surface area contributed by atoms with Crippen LogP contribution in [0.15, 0.2) is 22.7 Å². The maximum Gasteiger partial charge on any atom is 0.227 e. The average molecular weight is 275 g/mol. The summed E-state index contributed by atoms with van der Waals surface area (Å²) in [6.07, 6.45) is 0.343. The summed E-state index contributed by atoms with van der Waals surface area (Å²) in [4.78, 5) is 18.0. The Morgan fingerprint density at radius 1 is 1.40 bits per heavy atom. The molecule has 2 aromatic rings. The van der Waals surface area contributed by atoms with Crippen LogP contribution in [0.1, 0.15) is 29.6 Å². The first-order valence-corrected chi connectivity index (χ1v) is 6.41. The number of aryl methyl sites for hydroxylation is 2. The Bertz CT molecular complexity index is 668. The molecule has 3 rings (SSSR count). The normalized spacial score (nSPS) is 18.9. The van der Waals surface area contributed by atoms with Gasteiger partial charge in [-0.25, -0.2) is 4.39 Å². The van der Waals surface area contributed by atoms with Crippen LogP contribution in [-0.2, 0) is 4.79 Å². The van der Waals surface area contributed by atoms with Crippen LogP contribution in [0.4, 0.5) is 10.1 Å². The van der Waals surface area contributed by atoms with Crippen LogP contribution in [0.5, 0.6) is 0 Å². The zero-order valence-corrected chi connectivity index (χ0v) is 11.3. The summed E-state index contributed by atoms with van der Waals surface area (Å²) in [6, 6.07) is 4.42. The fraction of sp³-hybridized carbons (Fsp3) is 0.357. The van der Waals surface area contributed by atoms with E-state index in [1.54, 1.807) is 24.8 Å². The highest BCUT2D eigenvalue weighted by atomic mass is 19.1. The number of amides is 1. The second-order valence-corrected chi connectivity index (χ2v) is 5.01. The lowest BCUT2D eigenvalue weighted by Crippen LogP contribution is -2.25. The fourth-order valence-corrected chi connectivity index (χ4v) is 2.52. The third-order valence-electron chi connectivity index (χ3n) is 3.48. The van der Waals surface area contributed by atoms with E-state index in [1.807, 2.05) is 0 Å². The summed E-state index contributed by atoms with van der Waals surface area (Å²) in [5, 5.41) is 3.87. The van der Waals surface area contributed by atoms with Crippen molar-refractivity contribution in [2.24, 2.45) is 0 Å². The topological polar surface area (TPSA) is 59.2 Å². The highest BCUT2D eigenvalue weighted by Gasteiger charge is 2.34. The van der Waals surface area contributed by atoms with Crippen molar-refractivity contribution in [3.05, 3.63) is 41.3 Å². The number of halogens is 1. The van der Waals surface area contributed by atoms with Crippen LogP contribution < -0.4 is 4.90 Å². The summed E-state index contributed by atoms with van der Waals surface area (Å²) in [7, 11) is 0. The van der Waals surface area contributed by atoms with Crippen molar-refractivity contribution >= 4 is 11.6 Å². The highest BCUT2D eigenvalue weighted by Crippen LogP contribution is 2.32. The first kappa shape index (κ1) is 12.8. The van der Waals surface area contributed by atoms with Gasteiger partial charge in [-0.2, -0.15) is 4.98 Å². The number of hydrogen-bond donors (Lipinski definition) is 0. The third-order valence-corrected chi connectivity index (χ3v) is 3.48. The van der Waals surface area contributed by atoms with E-state index in [9.17, 15) is 9.18 Å². The summed E-state index contributed by atoms with van der Waals surface area (Å²) < 4.78 is 18.1. The molecule has 1 aliphatic heterocycles. The van der Waals surface area contributed by atoms with Crippen molar-refractivity contribution < 1.29 is 13.7 Å². The Morgan fingerprint density at radius 2 is 2.20 bits per heavy atom. The fourth-order valence-electron chi connectivity index (χ4n) is 2.52. The van der Waals surface area contributed by atoms with E-state index >= 15 is 0 Å². The Balaban J connectivity index is 1.87. The smallest absolute Gasteiger partial charge is 0.227 e. The molecule has 1 fully saturated rings. The van der Waals surface area contributed by atoms with Gasteiger partial charge in [-0.3, -0.25) is 4.79 Å². The molecule has 1 aromatic carbocycles. The molecule has 20 heavy (non-hydrogen) atoms. The molecule has 1 aliphatic rings. The lowest BCUT2D eigenvalue weighted by atomic mass is 10.1. The number of carbonyl (C=O) groups is 1. The molecule has 0 aliphatic carbocycles. The average Bonchev–Trinajstić information content (AvgIpc) is 2.96. The van der Waals surface area contributed by atoms with Gasteiger partial charge in [0.25, 0.3) is 0 Å². The minimum absolute atomic E-state index is 0.00726. The standard InChI is InChI=1S/C14H14FN3O2/c1-8-5-11(15)3-4-12(8)18-7-10(6-13(18)19)14-16-9(2)20-17-14/h3-5,10H,6-7H2,1-2H3. The van der Waals surface area contributed by atoms with Gasteiger partial charge < -0.3 is 9.42 Å². The van der Waals surface area contributed by atoms with E-state index in [0.717, 1.165) is 11.3 Å². The van der Waals surface area contributed by atoms with Crippen LogP contribution in [-0.4, -0.2) is 22.6 Å². The molecule has 1 amide bonds. The van der Waals surface area contributed by atoms with Gasteiger partial charge in [-0.15, -0.1) is 0 Å². The number of aromatic nitrogens is 2. The number of carbonyl (C=O) groups excluding carboxylic acids is 1. The lowest BCUT2D eigenvalue weighted by Gasteiger charge is -2.18. The van der Waals surface area contributed by atoms with Crippen LogP contribution in [0, 0.1) is 19.7 Å². The predicted octanol–water partition coefficient (Wildman–Crippen LogP) is 2.35. The third kappa shape index (κ3) is 2.17. The maximum absolute atomic E-state index is 13.1. The minimum Gasteiger partial charge on any atom is -0.340 e. The lowest BCUT2D eigenvalue weighted by molar-refractivity contribution is -0.117. The van der Waals surface area contributed by atoms with Gasteiger partial charge in [0.15, 0.2) is 5.82 Å². The molecule has 0 bridgehead atoms. The summed E-state index contributed by atoms with van der Waals surface area (Å²) in [5.74, 6) is 0.654. The molecule has 6 heteroatoms. The number of rotatable bonds is 2. The highest BCUT2D eigenvalue weighted by molar-refractivity contribution is 5.97.